The fourth-order valence-electron chi connectivity index (χ4n) is 1.12. The highest BCUT2D eigenvalue weighted by molar-refractivity contribution is 6.31. The summed E-state index contributed by atoms with van der Waals surface area (Å²) in [4.78, 5) is 3.89. The Balaban J connectivity index is 2.18. The lowest BCUT2D eigenvalue weighted by atomic mass is 10.3. The fourth-order valence-corrected chi connectivity index (χ4v) is 1.30. The third kappa shape index (κ3) is 5.00. The zero-order chi connectivity index (χ0) is 11.1. The van der Waals surface area contributed by atoms with Crippen molar-refractivity contribution in [1.29, 1.82) is 0 Å². The molecule has 15 heavy (non-hydrogen) atoms. The van der Waals surface area contributed by atoms with Crippen LogP contribution in [0.15, 0.2) is 18.5 Å². The van der Waals surface area contributed by atoms with Gasteiger partial charge in [-0.2, -0.15) is 0 Å². The molecule has 0 saturated carbocycles. The summed E-state index contributed by atoms with van der Waals surface area (Å²) < 4.78 is 5.51. The van der Waals surface area contributed by atoms with Gasteiger partial charge >= 0.3 is 0 Å². The molecule has 0 atom stereocenters. The Morgan fingerprint density at radius 2 is 2.33 bits per heavy atom. The molecule has 0 aliphatic rings. The van der Waals surface area contributed by atoms with Gasteiger partial charge in [-0.25, -0.2) is 0 Å². The van der Waals surface area contributed by atoms with E-state index in [4.69, 9.17) is 16.3 Å². The van der Waals surface area contributed by atoms with E-state index in [9.17, 15) is 0 Å². The van der Waals surface area contributed by atoms with Crippen molar-refractivity contribution >= 4 is 11.6 Å². The summed E-state index contributed by atoms with van der Waals surface area (Å²) in [5, 5.41) is 3.89. The van der Waals surface area contributed by atoms with Crippen molar-refractivity contribution < 1.29 is 4.74 Å². The molecule has 0 saturated heterocycles. The highest BCUT2D eigenvalue weighted by Gasteiger charge is 1.99. The molecule has 0 aromatic carbocycles. The van der Waals surface area contributed by atoms with Crippen LogP contribution in [0.1, 0.15) is 20.3 Å². The number of nitrogens with one attached hydrogen (secondary N) is 1. The van der Waals surface area contributed by atoms with Crippen LogP contribution in [0, 0.1) is 0 Å². The second-order valence-electron chi connectivity index (χ2n) is 3.62. The Morgan fingerprint density at radius 1 is 1.53 bits per heavy atom. The van der Waals surface area contributed by atoms with Crippen molar-refractivity contribution in [2.24, 2.45) is 0 Å². The molecule has 0 bridgehead atoms. The summed E-state index contributed by atoms with van der Waals surface area (Å²) in [6.45, 7) is 5.88. The quantitative estimate of drug-likeness (QED) is 0.760. The number of rotatable bonds is 6. The molecule has 3 nitrogen and oxygen atoms in total. The van der Waals surface area contributed by atoms with Crippen molar-refractivity contribution in [2.75, 3.05) is 13.2 Å². The van der Waals surface area contributed by atoms with Crippen LogP contribution in [0.5, 0.6) is 5.75 Å². The maximum atomic E-state index is 5.88. The Labute approximate surface area is 95.8 Å². The molecule has 84 valence electrons. The van der Waals surface area contributed by atoms with E-state index in [1.54, 1.807) is 18.5 Å². The van der Waals surface area contributed by atoms with Gasteiger partial charge in [0.05, 0.1) is 6.61 Å². The van der Waals surface area contributed by atoms with E-state index in [0.717, 1.165) is 13.0 Å². The van der Waals surface area contributed by atoms with Crippen molar-refractivity contribution in [1.82, 2.24) is 10.3 Å². The van der Waals surface area contributed by atoms with Gasteiger partial charge in [0.15, 0.2) is 0 Å². The van der Waals surface area contributed by atoms with E-state index in [1.165, 1.54) is 0 Å². The lowest BCUT2D eigenvalue weighted by Crippen LogP contribution is -2.24. The van der Waals surface area contributed by atoms with Crippen molar-refractivity contribution in [3.05, 3.63) is 23.5 Å². The molecular weight excluding hydrogens is 212 g/mol. The molecule has 1 heterocycles. The topological polar surface area (TPSA) is 34.1 Å². The van der Waals surface area contributed by atoms with E-state index in [1.807, 2.05) is 0 Å². The maximum absolute atomic E-state index is 5.88. The summed E-state index contributed by atoms with van der Waals surface area (Å²) in [6.07, 6.45) is 4.23. The zero-order valence-electron chi connectivity index (χ0n) is 9.16. The van der Waals surface area contributed by atoms with Crippen molar-refractivity contribution in [3.63, 3.8) is 0 Å². The first-order chi connectivity index (χ1) is 7.20. The average molecular weight is 229 g/mol. The number of nitrogens with zero attached hydrogens (tertiary/aromatic N) is 1. The Morgan fingerprint density at radius 3 is 3.00 bits per heavy atom. The van der Waals surface area contributed by atoms with Gasteiger partial charge < -0.3 is 10.1 Å². The largest absolute Gasteiger partial charge is 0.492 e. The Bertz CT molecular complexity index is 292. The van der Waals surface area contributed by atoms with Crippen LogP contribution in [-0.4, -0.2) is 24.2 Å². The Kier molecular flexibility index (Phi) is 5.43. The number of pyridine rings is 1. The van der Waals surface area contributed by atoms with Crippen LogP contribution in [0.25, 0.3) is 0 Å². The maximum Gasteiger partial charge on any atom is 0.140 e. The normalized spacial score (nSPS) is 10.7. The molecule has 1 N–H and O–H groups in total. The number of halogens is 1. The number of ether oxygens (including phenoxy) is 1. The highest BCUT2D eigenvalue weighted by Crippen LogP contribution is 2.21. The van der Waals surface area contributed by atoms with Gasteiger partial charge in [-0.1, -0.05) is 25.4 Å². The molecule has 1 aromatic rings. The van der Waals surface area contributed by atoms with E-state index in [0.29, 0.717) is 23.4 Å². The lowest BCUT2D eigenvalue weighted by molar-refractivity contribution is 0.306. The summed E-state index contributed by atoms with van der Waals surface area (Å²) in [7, 11) is 0. The van der Waals surface area contributed by atoms with Crippen LogP contribution >= 0.6 is 11.6 Å². The first kappa shape index (κ1) is 12.3. The molecule has 0 unspecified atom stereocenters. The number of aromatic nitrogens is 1. The minimum Gasteiger partial charge on any atom is -0.492 e. The van der Waals surface area contributed by atoms with Gasteiger partial charge in [0.2, 0.25) is 0 Å². The molecule has 0 aliphatic heterocycles. The van der Waals surface area contributed by atoms with Crippen LogP contribution in [0.3, 0.4) is 0 Å². The molecule has 1 aromatic heterocycles. The fraction of sp³-hybridized carbons (Fsp3) is 0.545. The van der Waals surface area contributed by atoms with Gasteiger partial charge in [0.1, 0.15) is 10.8 Å². The van der Waals surface area contributed by atoms with E-state index >= 15 is 0 Å². The molecule has 0 radical (unpaired) electrons. The molecule has 0 spiro atoms. The monoisotopic (exact) mass is 228 g/mol. The van der Waals surface area contributed by atoms with Crippen LogP contribution < -0.4 is 10.1 Å². The van der Waals surface area contributed by atoms with Crippen molar-refractivity contribution in [2.45, 2.75) is 26.3 Å². The van der Waals surface area contributed by atoms with Gasteiger partial charge in [-0.05, 0) is 13.0 Å². The van der Waals surface area contributed by atoms with Crippen LogP contribution in [0.4, 0.5) is 0 Å². The zero-order valence-corrected chi connectivity index (χ0v) is 9.92. The van der Waals surface area contributed by atoms with E-state index in [2.05, 4.69) is 24.1 Å². The van der Waals surface area contributed by atoms with E-state index < -0.39 is 0 Å². The lowest BCUT2D eigenvalue weighted by Gasteiger charge is -2.09. The first-order valence-electron chi connectivity index (χ1n) is 5.16. The standard InChI is InChI=1S/C11H17ClN2O/c1-9(2)14-5-3-7-15-11-4-6-13-8-10(11)12/h4,6,8-9,14H,3,5,7H2,1-2H3. The molecule has 0 amide bonds. The van der Waals surface area contributed by atoms with Gasteiger partial charge in [-0.3, -0.25) is 4.98 Å². The molecule has 1 rings (SSSR count). The SMILES string of the molecule is CC(C)NCCCOc1ccncc1Cl. The Hall–Kier alpha value is -0.800. The van der Waals surface area contributed by atoms with Crippen LogP contribution in [0.2, 0.25) is 5.02 Å². The molecule has 4 heteroatoms. The smallest absolute Gasteiger partial charge is 0.140 e. The number of hydrogen-bond acceptors (Lipinski definition) is 3. The second kappa shape index (κ2) is 6.64. The predicted octanol–water partition coefficient (Wildman–Crippen LogP) is 2.50. The predicted molar refractivity (Wildman–Crippen MR) is 62.5 cm³/mol. The number of hydrogen-bond donors (Lipinski definition) is 1. The van der Waals surface area contributed by atoms with E-state index in [-0.39, 0.29) is 0 Å². The summed E-state index contributed by atoms with van der Waals surface area (Å²) in [5.41, 5.74) is 0. The minimum atomic E-state index is 0.523. The van der Waals surface area contributed by atoms with Crippen LogP contribution in [-0.2, 0) is 0 Å². The third-order valence-electron chi connectivity index (χ3n) is 1.87. The molecule has 0 aliphatic carbocycles. The van der Waals surface area contributed by atoms with Gasteiger partial charge in [-0.15, -0.1) is 0 Å². The highest BCUT2D eigenvalue weighted by atomic mass is 35.5. The summed E-state index contributed by atoms with van der Waals surface area (Å²) in [6, 6.07) is 2.30. The molecule has 0 fully saturated rings. The van der Waals surface area contributed by atoms with Gasteiger partial charge in [0, 0.05) is 24.5 Å². The first-order valence-corrected chi connectivity index (χ1v) is 5.53. The average Bonchev–Trinajstić information content (AvgIpc) is 2.20. The van der Waals surface area contributed by atoms with Crippen molar-refractivity contribution in [3.8, 4) is 5.75 Å². The van der Waals surface area contributed by atoms with Gasteiger partial charge in [0.25, 0.3) is 0 Å². The summed E-state index contributed by atoms with van der Waals surface area (Å²) in [5.74, 6) is 0.705. The third-order valence-corrected chi connectivity index (χ3v) is 2.15. The summed E-state index contributed by atoms with van der Waals surface area (Å²) >= 11 is 5.88. The molecular formula is C11H17ClN2O. The minimum absolute atomic E-state index is 0.523. The second-order valence-corrected chi connectivity index (χ2v) is 4.02.